The summed E-state index contributed by atoms with van der Waals surface area (Å²) in [6.07, 6.45) is 1.41. The number of nitrogens with one attached hydrogen (secondary N) is 1. The Morgan fingerprint density at radius 1 is 1.16 bits per heavy atom. The van der Waals surface area contributed by atoms with E-state index in [0.717, 1.165) is 12.1 Å². The second kappa shape index (κ2) is 9.78. The standard InChI is InChI=1S/C22H25ClN4O4/c1-3-5-21(28)26-12-10-25(11-13-26)20-9-8-16(14-18(20)23)24-22(29)17-6-4-7-19(15(17)2)27(30)31/h4,6-9,14H,3,5,10-13H2,1-2H3,(H,24,29). The van der Waals surface area contributed by atoms with Crippen molar-refractivity contribution >= 4 is 40.5 Å². The quantitative estimate of drug-likeness (QED) is 0.530. The zero-order valence-corrected chi connectivity index (χ0v) is 18.3. The molecule has 0 atom stereocenters. The average Bonchev–Trinajstić information content (AvgIpc) is 2.74. The van der Waals surface area contributed by atoms with Gasteiger partial charge in [-0.05, 0) is 37.6 Å². The van der Waals surface area contributed by atoms with Crippen molar-refractivity contribution in [1.29, 1.82) is 0 Å². The van der Waals surface area contributed by atoms with Crippen LogP contribution in [0.3, 0.4) is 0 Å². The second-order valence-electron chi connectivity index (χ2n) is 7.44. The number of amides is 2. The first-order chi connectivity index (χ1) is 14.8. The molecule has 0 radical (unpaired) electrons. The largest absolute Gasteiger partial charge is 0.367 e. The highest BCUT2D eigenvalue weighted by Crippen LogP contribution is 2.30. The van der Waals surface area contributed by atoms with Crippen molar-refractivity contribution in [2.24, 2.45) is 0 Å². The van der Waals surface area contributed by atoms with Crippen molar-refractivity contribution in [2.75, 3.05) is 36.4 Å². The van der Waals surface area contributed by atoms with E-state index in [4.69, 9.17) is 11.6 Å². The molecule has 2 aromatic carbocycles. The van der Waals surface area contributed by atoms with Crippen molar-refractivity contribution in [3.05, 3.63) is 62.7 Å². The Labute approximate surface area is 185 Å². The number of nitro benzene ring substituents is 1. The molecular weight excluding hydrogens is 420 g/mol. The molecule has 1 aliphatic heterocycles. The molecule has 0 saturated carbocycles. The summed E-state index contributed by atoms with van der Waals surface area (Å²) in [6, 6.07) is 9.65. The molecule has 1 aliphatic rings. The van der Waals surface area contributed by atoms with E-state index in [2.05, 4.69) is 10.2 Å². The van der Waals surface area contributed by atoms with E-state index in [1.54, 1.807) is 25.1 Å². The predicted octanol–water partition coefficient (Wildman–Crippen LogP) is 4.26. The van der Waals surface area contributed by atoms with E-state index in [1.165, 1.54) is 12.1 Å². The van der Waals surface area contributed by atoms with Gasteiger partial charge in [-0.2, -0.15) is 0 Å². The third-order valence-electron chi connectivity index (χ3n) is 5.39. The van der Waals surface area contributed by atoms with Gasteiger partial charge in [-0.3, -0.25) is 19.7 Å². The van der Waals surface area contributed by atoms with Gasteiger partial charge in [0, 0.05) is 55.5 Å². The number of carbonyl (C=O) groups is 2. The number of hydrogen-bond acceptors (Lipinski definition) is 5. The number of nitrogens with zero attached hydrogens (tertiary/aromatic N) is 3. The maximum absolute atomic E-state index is 12.6. The van der Waals surface area contributed by atoms with Gasteiger partial charge in [0.1, 0.15) is 0 Å². The Balaban J connectivity index is 1.68. The molecule has 1 N–H and O–H groups in total. The van der Waals surface area contributed by atoms with Crippen LogP contribution in [0.5, 0.6) is 0 Å². The Hall–Kier alpha value is -3.13. The Morgan fingerprint density at radius 3 is 2.48 bits per heavy atom. The van der Waals surface area contributed by atoms with Gasteiger partial charge in [-0.15, -0.1) is 0 Å². The number of piperazine rings is 1. The lowest BCUT2D eigenvalue weighted by Crippen LogP contribution is -2.48. The fourth-order valence-electron chi connectivity index (χ4n) is 3.68. The molecule has 3 rings (SSSR count). The normalized spacial score (nSPS) is 13.8. The SMILES string of the molecule is CCCC(=O)N1CCN(c2ccc(NC(=O)c3cccc([N+](=O)[O-])c3C)cc2Cl)CC1. The Bertz CT molecular complexity index is 1000. The Kier molecular flexibility index (Phi) is 7.12. The molecular formula is C22H25ClN4O4. The topological polar surface area (TPSA) is 95.8 Å². The van der Waals surface area contributed by atoms with Crippen LogP contribution in [0, 0.1) is 17.0 Å². The lowest BCUT2D eigenvalue weighted by Gasteiger charge is -2.36. The molecule has 0 aliphatic carbocycles. The van der Waals surface area contributed by atoms with Crippen molar-refractivity contribution in [3.63, 3.8) is 0 Å². The zero-order valence-electron chi connectivity index (χ0n) is 17.6. The lowest BCUT2D eigenvalue weighted by molar-refractivity contribution is -0.385. The van der Waals surface area contributed by atoms with Crippen LogP contribution in [0.15, 0.2) is 36.4 Å². The number of anilines is 2. The summed E-state index contributed by atoms with van der Waals surface area (Å²) in [5, 5.41) is 14.4. The minimum absolute atomic E-state index is 0.0995. The summed E-state index contributed by atoms with van der Waals surface area (Å²) in [7, 11) is 0. The molecule has 9 heteroatoms. The summed E-state index contributed by atoms with van der Waals surface area (Å²) in [6.45, 7) is 6.23. The fourth-order valence-corrected chi connectivity index (χ4v) is 3.98. The first kappa shape index (κ1) is 22.6. The minimum atomic E-state index is -0.507. The highest BCUT2D eigenvalue weighted by molar-refractivity contribution is 6.33. The molecule has 1 heterocycles. The summed E-state index contributed by atoms with van der Waals surface area (Å²) in [4.78, 5) is 39.3. The fraction of sp³-hybridized carbons (Fsp3) is 0.364. The number of benzene rings is 2. The molecule has 0 spiro atoms. The highest BCUT2D eigenvalue weighted by atomic mass is 35.5. The molecule has 31 heavy (non-hydrogen) atoms. The first-order valence-corrected chi connectivity index (χ1v) is 10.6. The van der Waals surface area contributed by atoms with E-state index >= 15 is 0 Å². The van der Waals surface area contributed by atoms with E-state index in [9.17, 15) is 19.7 Å². The predicted molar refractivity (Wildman–Crippen MR) is 121 cm³/mol. The van der Waals surface area contributed by atoms with Crippen molar-refractivity contribution < 1.29 is 14.5 Å². The number of halogens is 1. The number of nitro groups is 1. The van der Waals surface area contributed by atoms with Crippen LogP contribution in [0.4, 0.5) is 17.1 Å². The molecule has 2 aromatic rings. The number of rotatable bonds is 6. The minimum Gasteiger partial charge on any atom is -0.367 e. The van der Waals surface area contributed by atoms with Crippen LogP contribution in [0.2, 0.25) is 5.02 Å². The van der Waals surface area contributed by atoms with Crippen LogP contribution in [-0.2, 0) is 4.79 Å². The molecule has 164 valence electrons. The average molecular weight is 445 g/mol. The van der Waals surface area contributed by atoms with Crippen LogP contribution >= 0.6 is 11.6 Å². The number of hydrogen-bond donors (Lipinski definition) is 1. The van der Waals surface area contributed by atoms with Crippen molar-refractivity contribution in [3.8, 4) is 0 Å². The van der Waals surface area contributed by atoms with Crippen molar-refractivity contribution in [2.45, 2.75) is 26.7 Å². The maximum Gasteiger partial charge on any atom is 0.273 e. The van der Waals surface area contributed by atoms with E-state index < -0.39 is 10.8 Å². The van der Waals surface area contributed by atoms with Crippen LogP contribution in [0.1, 0.15) is 35.7 Å². The van der Waals surface area contributed by atoms with Gasteiger partial charge >= 0.3 is 0 Å². The second-order valence-corrected chi connectivity index (χ2v) is 7.85. The maximum atomic E-state index is 12.6. The van der Waals surface area contributed by atoms with Gasteiger partial charge in [-0.1, -0.05) is 24.6 Å². The summed E-state index contributed by atoms with van der Waals surface area (Å²) in [5.41, 5.74) is 1.79. The molecule has 0 bridgehead atoms. The third-order valence-corrected chi connectivity index (χ3v) is 5.69. The van der Waals surface area contributed by atoms with E-state index in [-0.39, 0.29) is 17.2 Å². The van der Waals surface area contributed by atoms with E-state index in [0.29, 0.717) is 48.9 Å². The summed E-state index contributed by atoms with van der Waals surface area (Å²) >= 11 is 6.48. The van der Waals surface area contributed by atoms with Crippen molar-refractivity contribution in [1.82, 2.24) is 4.90 Å². The molecule has 1 fully saturated rings. The molecule has 2 amide bonds. The first-order valence-electron chi connectivity index (χ1n) is 10.2. The molecule has 1 saturated heterocycles. The molecule has 0 unspecified atom stereocenters. The lowest BCUT2D eigenvalue weighted by atomic mass is 10.1. The number of carbonyl (C=O) groups excluding carboxylic acids is 2. The van der Waals surface area contributed by atoms with E-state index in [1.807, 2.05) is 17.9 Å². The van der Waals surface area contributed by atoms with Gasteiger partial charge in [-0.25, -0.2) is 0 Å². The molecule has 0 aromatic heterocycles. The summed E-state index contributed by atoms with van der Waals surface area (Å²) in [5.74, 6) is -0.254. The molecule has 8 nitrogen and oxygen atoms in total. The van der Waals surface area contributed by atoms with Gasteiger partial charge in [0.05, 0.1) is 15.6 Å². The van der Waals surface area contributed by atoms with Gasteiger partial charge < -0.3 is 15.1 Å². The zero-order chi connectivity index (χ0) is 22.5. The van der Waals surface area contributed by atoms with Gasteiger partial charge in [0.2, 0.25) is 5.91 Å². The highest BCUT2D eigenvalue weighted by Gasteiger charge is 2.22. The Morgan fingerprint density at radius 2 is 1.87 bits per heavy atom. The summed E-state index contributed by atoms with van der Waals surface area (Å²) < 4.78 is 0. The third kappa shape index (κ3) is 5.14. The smallest absolute Gasteiger partial charge is 0.273 e. The monoisotopic (exact) mass is 444 g/mol. The van der Waals surface area contributed by atoms with Crippen LogP contribution < -0.4 is 10.2 Å². The van der Waals surface area contributed by atoms with Gasteiger partial charge in [0.25, 0.3) is 11.6 Å². The van der Waals surface area contributed by atoms with Gasteiger partial charge in [0.15, 0.2) is 0 Å². The van der Waals surface area contributed by atoms with Crippen LogP contribution in [0.25, 0.3) is 0 Å². The van der Waals surface area contributed by atoms with Crippen LogP contribution in [-0.4, -0.2) is 47.8 Å².